The standard InChI is InChI=1S/C10H18O/c1-2-3-4-5-6-9-7-10(9)8-11/h3-4,9-11H,2,5-8H2,1H3/b4-3-. The minimum Gasteiger partial charge on any atom is -0.396 e. The molecule has 0 radical (unpaired) electrons. The summed E-state index contributed by atoms with van der Waals surface area (Å²) in [6.07, 6.45) is 9.37. The number of hydrogen-bond donors (Lipinski definition) is 1. The van der Waals surface area contributed by atoms with Crippen LogP contribution >= 0.6 is 0 Å². The van der Waals surface area contributed by atoms with Gasteiger partial charge in [0, 0.05) is 6.61 Å². The maximum Gasteiger partial charge on any atom is 0.0462 e. The van der Waals surface area contributed by atoms with Crippen LogP contribution in [0.15, 0.2) is 12.2 Å². The highest BCUT2D eigenvalue weighted by molar-refractivity contribution is 4.89. The second-order valence-corrected chi connectivity index (χ2v) is 3.40. The van der Waals surface area contributed by atoms with E-state index >= 15 is 0 Å². The summed E-state index contributed by atoms with van der Waals surface area (Å²) in [7, 11) is 0. The highest BCUT2D eigenvalue weighted by Gasteiger charge is 2.34. The van der Waals surface area contributed by atoms with Gasteiger partial charge in [-0.25, -0.2) is 0 Å². The first kappa shape index (κ1) is 8.79. The lowest BCUT2D eigenvalue weighted by Gasteiger charge is -1.92. The van der Waals surface area contributed by atoms with E-state index in [4.69, 9.17) is 5.11 Å². The quantitative estimate of drug-likeness (QED) is 0.603. The zero-order valence-corrected chi connectivity index (χ0v) is 7.29. The molecule has 0 bridgehead atoms. The van der Waals surface area contributed by atoms with Crippen LogP contribution in [0.1, 0.15) is 32.6 Å². The van der Waals surface area contributed by atoms with Crippen molar-refractivity contribution in [1.82, 2.24) is 0 Å². The Morgan fingerprint density at radius 2 is 2.18 bits per heavy atom. The van der Waals surface area contributed by atoms with Gasteiger partial charge >= 0.3 is 0 Å². The van der Waals surface area contributed by atoms with Gasteiger partial charge in [-0.1, -0.05) is 19.1 Å². The maximum absolute atomic E-state index is 8.76. The Labute approximate surface area is 69.1 Å². The molecule has 2 unspecified atom stereocenters. The summed E-state index contributed by atoms with van der Waals surface area (Å²) in [5.41, 5.74) is 0. The number of hydrogen-bond acceptors (Lipinski definition) is 1. The Bertz CT molecular complexity index is 129. The molecule has 1 saturated carbocycles. The van der Waals surface area contributed by atoms with E-state index in [9.17, 15) is 0 Å². The fourth-order valence-electron chi connectivity index (χ4n) is 1.48. The Morgan fingerprint density at radius 1 is 1.36 bits per heavy atom. The number of rotatable bonds is 5. The number of aliphatic hydroxyl groups excluding tert-OH is 1. The molecule has 1 fully saturated rings. The van der Waals surface area contributed by atoms with Crippen LogP contribution < -0.4 is 0 Å². The van der Waals surface area contributed by atoms with E-state index < -0.39 is 0 Å². The third kappa shape index (κ3) is 3.06. The predicted octanol–water partition coefficient (Wildman–Crippen LogP) is 2.36. The van der Waals surface area contributed by atoms with E-state index in [0.29, 0.717) is 12.5 Å². The molecule has 0 aromatic heterocycles. The molecule has 1 N–H and O–H groups in total. The molecular weight excluding hydrogens is 136 g/mol. The molecule has 1 rings (SSSR count). The minimum atomic E-state index is 0.405. The summed E-state index contributed by atoms with van der Waals surface area (Å²) in [6.45, 7) is 2.56. The molecule has 1 aliphatic rings. The Balaban J connectivity index is 1.93. The normalized spacial score (nSPS) is 29.6. The summed E-state index contributed by atoms with van der Waals surface area (Å²) < 4.78 is 0. The van der Waals surface area contributed by atoms with Gasteiger partial charge < -0.3 is 5.11 Å². The Kier molecular flexibility index (Phi) is 3.64. The summed E-state index contributed by atoms with van der Waals surface area (Å²) in [6, 6.07) is 0. The molecule has 11 heavy (non-hydrogen) atoms. The van der Waals surface area contributed by atoms with Crippen LogP contribution in [0, 0.1) is 11.8 Å². The molecule has 1 heteroatoms. The van der Waals surface area contributed by atoms with Gasteiger partial charge in [-0.05, 0) is 37.5 Å². The van der Waals surface area contributed by atoms with Crippen molar-refractivity contribution in [3.63, 3.8) is 0 Å². The fourth-order valence-corrected chi connectivity index (χ4v) is 1.48. The average molecular weight is 154 g/mol. The Morgan fingerprint density at radius 3 is 2.73 bits per heavy atom. The van der Waals surface area contributed by atoms with Crippen molar-refractivity contribution < 1.29 is 5.11 Å². The molecular formula is C10H18O. The maximum atomic E-state index is 8.76. The lowest BCUT2D eigenvalue weighted by molar-refractivity contribution is 0.267. The number of allylic oxidation sites excluding steroid dienone is 2. The Hall–Kier alpha value is -0.300. The third-order valence-electron chi connectivity index (χ3n) is 2.41. The van der Waals surface area contributed by atoms with Gasteiger partial charge in [0.05, 0.1) is 0 Å². The van der Waals surface area contributed by atoms with Crippen molar-refractivity contribution in [1.29, 1.82) is 0 Å². The average Bonchev–Trinajstić information content (AvgIpc) is 2.77. The molecule has 64 valence electrons. The first-order chi connectivity index (χ1) is 5.38. The topological polar surface area (TPSA) is 20.2 Å². The summed E-state index contributed by atoms with van der Waals surface area (Å²) >= 11 is 0. The van der Waals surface area contributed by atoms with Crippen molar-refractivity contribution in [2.45, 2.75) is 32.6 Å². The largest absolute Gasteiger partial charge is 0.396 e. The lowest BCUT2D eigenvalue weighted by atomic mass is 10.2. The van der Waals surface area contributed by atoms with E-state index in [-0.39, 0.29) is 0 Å². The second-order valence-electron chi connectivity index (χ2n) is 3.40. The van der Waals surface area contributed by atoms with E-state index in [1.165, 1.54) is 19.3 Å². The highest BCUT2D eigenvalue weighted by atomic mass is 16.3. The van der Waals surface area contributed by atoms with Crippen LogP contribution in [-0.2, 0) is 0 Å². The predicted molar refractivity (Wildman–Crippen MR) is 47.3 cm³/mol. The molecule has 0 spiro atoms. The molecule has 0 aromatic rings. The molecule has 0 saturated heterocycles. The zero-order valence-electron chi connectivity index (χ0n) is 7.29. The van der Waals surface area contributed by atoms with E-state index in [1.807, 2.05) is 0 Å². The van der Waals surface area contributed by atoms with Crippen LogP contribution in [0.25, 0.3) is 0 Å². The third-order valence-corrected chi connectivity index (χ3v) is 2.41. The van der Waals surface area contributed by atoms with Gasteiger partial charge in [0.1, 0.15) is 0 Å². The monoisotopic (exact) mass is 154 g/mol. The van der Waals surface area contributed by atoms with Crippen molar-refractivity contribution >= 4 is 0 Å². The molecule has 0 heterocycles. The van der Waals surface area contributed by atoms with Gasteiger partial charge in [-0.2, -0.15) is 0 Å². The van der Waals surface area contributed by atoms with E-state index in [2.05, 4.69) is 19.1 Å². The SMILES string of the molecule is CC/C=C\CCC1CC1CO. The van der Waals surface area contributed by atoms with Crippen LogP contribution in [0.2, 0.25) is 0 Å². The van der Waals surface area contributed by atoms with Gasteiger partial charge in [-0.15, -0.1) is 0 Å². The first-order valence-electron chi connectivity index (χ1n) is 4.64. The van der Waals surface area contributed by atoms with Crippen molar-refractivity contribution in [2.24, 2.45) is 11.8 Å². The van der Waals surface area contributed by atoms with Crippen LogP contribution in [0.4, 0.5) is 0 Å². The van der Waals surface area contributed by atoms with E-state index in [0.717, 1.165) is 12.3 Å². The van der Waals surface area contributed by atoms with Gasteiger partial charge in [0.15, 0.2) is 0 Å². The highest BCUT2D eigenvalue weighted by Crippen LogP contribution is 2.41. The van der Waals surface area contributed by atoms with Crippen molar-refractivity contribution in [3.05, 3.63) is 12.2 Å². The molecule has 1 aliphatic carbocycles. The van der Waals surface area contributed by atoms with Gasteiger partial charge in [0.25, 0.3) is 0 Å². The van der Waals surface area contributed by atoms with Crippen LogP contribution in [-0.4, -0.2) is 11.7 Å². The number of aliphatic hydroxyl groups is 1. The molecule has 0 aromatic carbocycles. The van der Waals surface area contributed by atoms with Crippen molar-refractivity contribution in [2.75, 3.05) is 6.61 Å². The molecule has 0 aliphatic heterocycles. The summed E-state index contributed by atoms with van der Waals surface area (Å²) in [4.78, 5) is 0. The first-order valence-corrected chi connectivity index (χ1v) is 4.64. The van der Waals surface area contributed by atoms with Crippen molar-refractivity contribution in [3.8, 4) is 0 Å². The summed E-state index contributed by atoms with van der Waals surface area (Å²) in [5.74, 6) is 1.48. The molecule has 1 nitrogen and oxygen atoms in total. The van der Waals surface area contributed by atoms with E-state index in [1.54, 1.807) is 0 Å². The second kappa shape index (κ2) is 4.55. The smallest absolute Gasteiger partial charge is 0.0462 e. The van der Waals surface area contributed by atoms with Crippen LogP contribution in [0.5, 0.6) is 0 Å². The molecule has 2 atom stereocenters. The van der Waals surface area contributed by atoms with Gasteiger partial charge in [0.2, 0.25) is 0 Å². The zero-order chi connectivity index (χ0) is 8.10. The lowest BCUT2D eigenvalue weighted by Crippen LogP contribution is -1.87. The molecule has 0 amide bonds. The fraction of sp³-hybridized carbons (Fsp3) is 0.800. The summed E-state index contributed by atoms with van der Waals surface area (Å²) in [5, 5.41) is 8.76. The van der Waals surface area contributed by atoms with Crippen LogP contribution in [0.3, 0.4) is 0 Å². The van der Waals surface area contributed by atoms with Gasteiger partial charge in [-0.3, -0.25) is 0 Å². The minimum absolute atomic E-state index is 0.405.